The number of hydrogen-bond donors (Lipinski definition) is 3. The molecular formula is C22H16N2O4S. The zero-order valence-electron chi connectivity index (χ0n) is 15.1. The third-order valence-electron chi connectivity index (χ3n) is 4.40. The summed E-state index contributed by atoms with van der Waals surface area (Å²) in [5.74, 6) is -2.19. The highest BCUT2D eigenvalue weighted by molar-refractivity contribution is 7.99. The Labute approximate surface area is 170 Å². The molecule has 1 amide bonds. The molecule has 0 spiro atoms. The summed E-state index contributed by atoms with van der Waals surface area (Å²) in [6.45, 7) is -0.556. The number of carboxylic acids is 1. The average Bonchev–Trinajstić information content (AvgIpc) is 2.74. The van der Waals surface area contributed by atoms with Crippen LogP contribution in [0.2, 0.25) is 0 Å². The van der Waals surface area contributed by atoms with Crippen molar-refractivity contribution < 1.29 is 19.8 Å². The molecular weight excluding hydrogens is 388 g/mol. The van der Waals surface area contributed by atoms with Gasteiger partial charge in [0.25, 0.3) is 5.91 Å². The van der Waals surface area contributed by atoms with Crippen LogP contribution in [-0.2, 0) is 4.79 Å². The number of carboxylic acid groups (broad SMARTS) is 1. The highest BCUT2D eigenvalue weighted by Gasteiger charge is 2.20. The molecule has 0 saturated carbocycles. The molecule has 3 N–H and O–H groups in total. The van der Waals surface area contributed by atoms with Gasteiger partial charge in [0.2, 0.25) is 0 Å². The SMILES string of the molecule is O=C(O)CNC(=O)c1nc(Sc2ccc3ccccc3c2)c2ccccc2c1O. The van der Waals surface area contributed by atoms with E-state index in [1.54, 1.807) is 12.1 Å². The van der Waals surface area contributed by atoms with Gasteiger partial charge in [-0.25, -0.2) is 4.98 Å². The number of amides is 1. The Morgan fingerprint density at radius 2 is 1.62 bits per heavy atom. The van der Waals surface area contributed by atoms with Crippen LogP contribution in [0.1, 0.15) is 10.5 Å². The van der Waals surface area contributed by atoms with E-state index in [4.69, 9.17) is 5.11 Å². The van der Waals surface area contributed by atoms with E-state index in [-0.39, 0.29) is 11.4 Å². The van der Waals surface area contributed by atoms with Gasteiger partial charge in [0.1, 0.15) is 11.6 Å². The van der Waals surface area contributed by atoms with Gasteiger partial charge in [-0.2, -0.15) is 0 Å². The minimum Gasteiger partial charge on any atom is -0.505 e. The fourth-order valence-electron chi connectivity index (χ4n) is 3.04. The van der Waals surface area contributed by atoms with Crippen LogP contribution in [-0.4, -0.2) is 33.6 Å². The molecule has 4 aromatic rings. The molecule has 0 aliphatic rings. The Kier molecular flexibility index (Phi) is 5.05. The molecule has 4 rings (SSSR count). The Hall–Kier alpha value is -3.58. The maximum atomic E-state index is 12.4. The molecule has 1 heterocycles. The summed E-state index contributed by atoms with van der Waals surface area (Å²) in [4.78, 5) is 28.4. The van der Waals surface area contributed by atoms with Gasteiger partial charge in [0, 0.05) is 15.7 Å². The maximum Gasteiger partial charge on any atom is 0.322 e. The predicted octanol–water partition coefficient (Wildman–Crippen LogP) is 4.06. The second-order valence-electron chi connectivity index (χ2n) is 6.35. The first-order valence-corrected chi connectivity index (χ1v) is 9.63. The van der Waals surface area contributed by atoms with Gasteiger partial charge in [0.15, 0.2) is 11.4 Å². The Bertz CT molecular complexity index is 1260. The molecule has 0 bridgehead atoms. The fraction of sp³-hybridized carbons (Fsp3) is 0.0455. The lowest BCUT2D eigenvalue weighted by Gasteiger charge is -2.12. The number of nitrogens with one attached hydrogen (secondary N) is 1. The number of nitrogens with zero attached hydrogens (tertiary/aromatic N) is 1. The Balaban J connectivity index is 1.78. The number of benzene rings is 3. The Morgan fingerprint density at radius 1 is 0.931 bits per heavy atom. The number of fused-ring (bicyclic) bond motifs is 2. The highest BCUT2D eigenvalue weighted by Crippen LogP contribution is 2.37. The molecule has 0 radical (unpaired) electrons. The lowest BCUT2D eigenvalue weighted by Crippen LogP contribution is -2.30. The number of aliphatic carboxylic acids is 1. The van der Waals surface area contributed by atoms with Crippen molar-refractivity contribution in [3.8, 4) is 5.75 Å². The van der Waals surface area contributed by atoms with E-state index >= 15 is 0 Å². The number of aromatic nitrogens is 1. The summed E-state index contributed by atoms with van der Waals surface area (Å²) >= 11 is 1.38. The van der Waals surface area contributed by atoms with Crippen LogP contribution in [0.5, 0.6) is 5.75 Å². The fourth-order valence-corrected chi connectivity index (χ4v) is 4.01. The van der Waals surface area contributed by atoms with Crippen LogP contribution in [0.25, 0.3) is 21.5 Å². The molecule has 0 atom stereocenters. The molecule has 6 nitrogen and oxygen atoms in total. The van der Waals surface area contributed by atoms with Crippen molar-refractivity contribution in [3.63, 3.8) is 0 Å². The molecule has 1 aromatic heterocycles. The molecule has 0 aliphatic carbocycles. The van der Waals surface area contributed by atoms with Crippen molar-refractivity contribution in [2.24, 2.45) is 0 Å². The minimum absolute atomic E-state index is 0.201. The summed E-state index contributed by atoms with van der Waals surface area (Å²) in [6, 6.07) is 21.1. The third kappa shape index (κ3) is 3.86. The minimum atomic E-state index is -1.18. The molecule has 144 valence electrons. The number of hydrogen-bond acceptors (Lipinski definition) is 5. The first kappa shape index (κ1) is 18.8. The number of rotatable bonds is 5. The highest BCUT2D eigenvalue weighted by atomic mass is 32.2. The molecule has 7 heteroatoms. The van der Waals surface area contributed by atoms with Crippen molar-refractivity contribution in [3.05, 3.63) is 72.4 Å². The first-order valence-electron chi connectivity index (χ1n) is 8.81. The largest absolute Gasteiger partial charge is 0.505 e. The second-order valence-corrected chi connectivity index (χ2v) is 7.41. The van der Waals surface area contributed by atoms with Gasteiger partial charge in [-0.1, -0.05) is 66.4 Å². The first-order chi connectivity index (χ1) is 14.0. The van der Waals surface area contributed by atoms with E-state index in [1.807, 2.05) is 54.6 Å². The monoisotopic (exact) mass is 404 g/mol. The molecule has 3 aromatic carbocycles. The summed E-state index contributed by atoms with van der Waals surface area (Å²) in [5, 5.41) is 25.5. The second kappa shape index (κ2) is 7.81. The van der Waals surface area contributed by atoms with Crippen LogP contribution < -0.4 is 5.32 Å². The number of carbonyl (C=O) groups excluding carboxylic acids is 1. The van der Waals surface area contributed by atoms with E-state index in [9.17, 15) is 14.7 Å². The van der Waals surface area contributed by atoms with Gasteiger partial charge >= 0.3 is 5.97 Å². The normalized spacial score (nSPS) is 10.9. The average molecular weight is 404 g/mol. The standard InChI is InChI=1S/C22H16N2O4S/c25-18(26)12-23-21(28)19-20(27)16-7-3-4-8-17(16)22(24-19)29-15-10-9-13-5-1-2-6-14(13)11-15/h1-11,27H,12H2,(H,23,28)(H,25,26). The van der Waals surface area contributed by atoms with Gasteiger partial charge < -0.3 is 15.5 Å². The third-order valence-corrected chi connectivity index (χ3v) is 5.40. The summed E-state index contributed by atoms with van der Waals surface area (Å²) in [7, 11) is 0. The van der Waals surface area contributed by atoms with Crippen LogP contribution in [0.4, 0.5) is 0 Å². The van der Waals surface area contributed by atoms with Gasteiger partial charge in [-0.15, -0.1) is 0 Å². The quantitative estimate of drug-likeness (QED) is 0.464. The smallest absolute Gasteiger partial charge is 0.322 e. The number of aromatic hydroxyl groups is 1. The number of carbonyl (C=O) groups is 2. The summed E-state index contributed by atoms with van der Waals surface area (Å²) in [5.41, 5.74) is -0.201. The molecule has 0 saturated heterocycles. The molecule has 0 aliphatic heterocycles. The molecule has 0 fully saturated rings. The number of pyridine rings is 1. The van der Waals surface area contributed by atoms with Gasteiger partial charge in [0.05, 0.1) is 0 Å². The van der Waals surface area contributed by atoms with Crippen LogP contribution in [0, 0.1) is 0 Å². The van der Waals surface area contributed by atoms with Crippen LogP contribution in [0.3, 0.4) is 0 Å². The topological polar surface area (TPSA) is 99.5 Å². The molecule has 29 heavy (non-hydrogen) atoms. The van der Waals surface area contributed by atoms with Crippen molar-refractivity contribution in [1.82, 2.24) is 10.3 Å². The van der Waals surface area contributed by atoms with E-state index in [0.717, 1.165) is 15.7 Å². The zero-order chi connectivity index (χ0) is 20.4. The Morgan fingerprint density at radius 3 is 2.38 bits per heavy atom. The lowest BCUT2D eigenvalue weighted by molar-refractivity contribution is -0.135. The summed E-state index contributed by atoms with van der Waals surface area (Å²) in [6.07, 6.45) is 0. The van der Waals surface area contributed by atoms with Gasteiger partial charge in [-0.05, 0) is 22.9 Å². The van der Waals surface area contributed by atoms with E-state index in [2.05, 4.69) is 10.3 Å². The van der Waals surface area contributed by atoms with Crippen molar-refractivity contribution in [2.45, 2.75) is 9.92 Å². The lowest BCUT2D eigenvalue weighted by atomic mass is 10.1. The predicted molar refractivity (Wildman–Crippen MR) is 111 cm³/mol. The van der Waals surface area contributed by atoms with Crippen LogP contribution in [0.15, 0.2) is 76.7 Å². The van der Waals surface area contributed by atoms with E-state index in [0.29, 0.717) is 15.8 Å². The summed E-state index contributed by atoms with van der Waals surface area (Å²) < 4.78 is 0. The van der Waals surface area contributed by atoms with E-state index in [1.165, 1.54) is 11.8 Å². The van der Waals surface area contributed by atoms with Crippen molar-refractivity contribution in [1.29, 1.82) is 0 Å². The van der Waals surface area contributed by atoms with Crippen LogP contribution >= 0.6 is 11.8 Å². The zero-order valence-corrected chi connectivity index (χ0v) is 15.9. The van der Waals surface area contributed by atoms with Crippen molar-refractivity contribution in [2.75, 3.05) is 6.54 Å². The van der Waals surface area contributed by atoms with E-state index < -0.39 is 18.4 Å². The maximum absolute atomic E-state index is 12.4. The van der Waals surface area contributed by atoms with Gasteiger partial charge in [-0.3, -0.25) is 9.59 Å². The van der Waals surface area contributed by atoms with Crippen molar-refractivity contribution >= 4 is 45.2 Å². The molecule has 0 unspecified atom stereocenters.